The predicted molar refractivity (Wildman–Crippen MR) is 62.4 cm³/mol. The van der Waals surface area contributed by atoms with Crippen LogP contribution in [0.25, 0.3) is 10.4 Å². The molecule has 2 unspecified atom stereocenters. The van der Waals surface area contributed by atoms with E-state index in [1.807, 2.05) is 6.07 Å². The Labute approximate surface area is 103 Å². The molecule has 1 aromatic rings. The molecule has 18 heavy (non-hydrogen) atoms. The first-order valence-electron chi connectivity index (χ1n) is 5.20. The van der Waals surface area contributed by atoms with Gasteiger partial charge in [-0.05, 0) is 30.2 Å². The number of azide groups is 1. The third kappa shape index (κ3) is 3.37. The molecule has 0 aliphatic carbocycles. The van der Waals surface area contributed by atoms with Gasteiger partial charge in [0, 0.05) is 17.0 Å². The van der Waals surface area contributed by atoms with Crippen LogP contribution in [0.1, 0.15) is 23.7 Å². The van der Waals surface area contributed by atoms with Crippen LogP contribution in [-0.4, -0.2) is 28.0 Å². The van der Waals surface area contributed by atoms with Crippen LogP contribution in [-0.2, 0) is 0 Å². The normalized spacial score (nSPS) is 13.2. The minimum absolute atomic E-state index is 0.0351. The van der Waals surface area contributed by atoms with Crippen LogP contribution in [0.4, 0.5) is 0 Å². The molecule has 0 saturated heterocycles. The lowest BCUT2D eigenvalue weighted by atomic mass is 9.99. The molecule has 0 fully saturated rings. The predicted octanol–water partition coefficient (Wildman–Crippen LogP) is 1.36. The SMILES string of the molecule is N#Cc1ccc(O)c(C(O)C(O)CCN=[N+]=[N-])c1. The van der Waals surface area contributed by atoms with Gasteiger partial charge in [0.15, 0.2) is 0 Å². The quantitative estimate of drug-likeness (QED) is 0.412. The van der Waals surface area contributed by atoms with Gasteiger partial charge < -0.3 is 15.3 Å². The smallest absolute Gasteiger partial charge is 0.121 e. The number of nitriles is 1. The Balaban J connectivity index is 2.85. The fraction of sp³-hybridized carbons (Fsp3) is 0.364. The second-order valence-corrected chi connectivity index (χ2v) is 3.64. The van der Waals surface area contributed by atoms with Crippen LogP contribution >= 0.6 is 0 Å². The molecule has 0 aliphatic rings. The van der Waals surface area contributed by atoms with Crippen molar-refractivity contribution in [3.05, 3.63) is 39.8 Å². The van der Waals surface area contributed by atoms with E-state index in [0.29, 0.717) is 0 Å². The van der Waals surface area contributed by atoms with Gasteiger partial charge in [-0.1, -0.05) is 5.11 Å². The molecule has 0 aromatic heterocycles. The third-order valence-corrected chi connectivity index (χ3v) is 2.43. The summed E-state index contributed by atoms with van der Waals surface area (Å²) in [5, 5.41) is 41.0. The van der Waals surface area contributed by atoms with Crippen molar-refractivity contribution in [1.82, 2.24) is 0 Å². The van der Waals surface area contributed by atoms with Gasteiger partial charge in [-0.25, -0.2) is 0 Å². The highest BCUT2D eigenvalue weighted by Crippen LogP contribution is 2.28. The van der Waals surface area contributed by atoms with E-state index in [9.17, 15) is 15.3 Å². The maximum atomic E-state index is 9.83. The number of aliphatic hydroxyl groups excluding tert-OH is 2. The summed E-state index contributed by atoms with van der Waals surface area (Å²) in [6.45, 7) is 0.0351. The fourth-order valence-electron chi connectivity index (χ4n) is 1.46. The van der Waals surface area contributed by atoms with E-state index >= 15 is 0 Å². The molecule has 0 aliphatic heterocycles. The molecule has 0 amide bonds. The van der Waals surface area contributed by atoms with Crippen molar-refractivity contribution in [2.24, 2.45) is 5.11 Å². The average Bonchev–Trinajstić information content (AvgIpc) is 2.38. The lowest BCUT2D eigenvalue weighted by molar-refractivity contribution is 0.0137. The Morgan fingerprint density at radius 3 is 2.78 bits per heavy atom. The molecule has 7 nitrogen and oxygen atoms in total. The Hall–Kier alpha value is -2.26. The first kappa shape index (κ1) is 13.8. The Kier molecular flexibility index (Phi) is 4.96. The van der Waals surface area contributed by atoms with Crippen molar-refractivity contribution in [2.45, 2.75) is 18.6 Å². The Morgan fingerprint density at radius 2 is 2.17 bits per heavy atom. The maximum Gasteiger partial charge on any atom is 0.121 e. The van der Waals surface area contributed by atoms with Crippen LogP contribution in [0.5, 0.6) is 5.75 Å². The molecule has 0 bridgehead atoms. The number of hydrogen-bond donors (Lipinski definition) is 3. The second-order valence-electron chi connectivity index (χ2n) is 3.64. The van der Waals surface area contributed by atoms with Crippen molar-refractivity contribution < 1.29 is 15.3 Å². The zero-order chi connectivity index (χ0) is 13.5. The highest BCUT2D eigenvalue weighted by Gasteiger charge is 2.21. The number of phenolic OH excluding ortho intramolecular Hbond substituents is 1. The molecule has 3 N–H and O–H groups in total. The van der Waals surface area contributed by atoms with Crippen LogP contribution in [0.15, 0.2) is 23.3 Å². The maximum absolute atomic E-state index is 9.83. The number of phenols is 1. The summed E-state index contributed by atoms with van der Waals surface area (Å²) in [5.41, 5.74) is 8.42. The van der Waals surface area contributed by atoms with Gasteiger partial charge in [0.2, 0.25) is 0 Å². The minimum atomic E-state index is -1.34. The monoisotopic (exact) mass is 248 g/mol. The summed E-state index contributed by atoms with van der Waals surface area (Å²) in [4.78, 5) is 2.52. The Morgan fingerprint density at radius 1 is 1.44 bits per heavy atom. The van der Waals surface area contributed by atoms with Gasteiger partial charge in [-0.3, -0.25) is 0 Å². The number of rotatable bonds is 5. The van der Waals surface area contributed by atoms with Crippen molar-refractivity contribution in [2.75, 3.05) is 6.54 Å². The van der Waals surface area contributed by atoms with E-state index in [-0.39, 0.29) is 29.8 Å². The molecule has 0 radical (unpaired) electrons. The van der Waals surface area contributed by atoms with Crippen LogP contribution in [0.2, 0.25) is 0 Å². The van der Waals surface area contributed by atoms with Gasteiger partial charge in [0.25, 0.3) is 0 Å². The molecule has 2 atom stereocenters. The van der Waals surface area contributed by atoms with E-state index in [4.69, 9.17) is 10.8 Å². The minimum Gasteiger partial charge on any atom is -0.508 e. The standard InChI is InChI=1S/C11H12N4O3/c12-6-7-1-2-9(16)8(5-7)11(18)10(17)3-4-14-15-13/h1-2,5,10-11,16-18H,3-4H2. The van der Waals surface area contributed by atoms with E-state index in [2.05, 4.69) is 10.0 Å². The first-order valence-corrected chi connectivity index (χ1v) is 5.20. The van der Waals surface area contributed by atoms with Gasteiger partial charge in [-0.2, -0.15) is 5.26 Å². The zero-order valence-electron chi connectivity index (χ0n) is 9.43. The lowest BCUT2D eigenvalue weighted by Gasteiger charge is -2.18. The molecule has 0 spiro atoms. The molecule has 7 heteroatoms. The lowest BCUT2D eigenvalue weighted by Crippen LogP contribution is -2.19. The first-order chi connectivity index (χ1) is 8.60. The van der Waals surface area contributed by atoms with Gasteiger partial charge >= 0.3 is 0 Å². The number of hydrogen-bond acceptors (Lipinski definition) is 5. The topological polar surface area (TPSA) is 133 Å². The molecule has 94 valence electrons. The number of benzene rings is 1. The summed E-state index contributed by atoms with van der Waals surface area (Å²) in [6, 6.07) is 5.85. The summed E-state index contributed by atoms with van der Waals surface area (Å²) in [7, 11) is 0. The van der Waals surface area contributed by atoms with Crippen molar-refractivity contribution >= 4 is 0 Å². The van der Waals surface area contributed by atoms with Gasteiger partial charge in [-0.15, -0.1) is 0 Å². The molecular weight excluding hydrogens is 236 g/mol. The van der Waals surface area contributed by atoms with E-state index in [1.165, 1.54) is 18.2 Å². The summed E-state index contributed by atoms with van der Waals surface area (Å²) < 4.78 is 0. The second kappa shape index (κ2) is 6.47. The van der Waals surface area contributed by atoms with Crippen molar-refractivity contribution in [3.8, 4) is 11.8 Å². The summed E-state index contributed by atoms with van der Waals surface area (Å²) >= 11 is 0. The molecular formula is C11H12N4O3. The largest absolute Gasteiger partial charge is 0.508 e. The molecule has 1 aromatic carbocycles. The summed E-state index contributed by atoms with van der Waals surface area (Å²) in [6.07, 6.45) is -2.47. The average molecular weight is 248 g/mol. The highest BCUT2D eigenvalue weighted by molar-refractivity contribution is 5.42. The fourth-order valence-corrected chi connectivity index (χ4v) is 1.46. The molecule has 1 rings (SSSR count). The summed E-state index contributed by atoms with van der Waals surface area (Å²) in [5.74, 6) is -0.204. The number of aliphatic hydroxyl groups is 2. The van der Waals surface area contributed by atoms with Crippen molar-refractivity contribution in [3.63, 3.8) is 0 Å². The van der Waals surface area contributed by atoms with E-state index in [0.717, 1.165) is 0 Å². The molecule has 0 heterocycles. The zero-order valence-corrected chi connectivity index (χ0v) is 9.43. The van der Waals surface area contributed by atoms with Crippen molar-refractivity contribution in [1.29, 1.82) is 5.26 Å². The van der Waals surface area contributed by atoms with E-state index < -0.39 is 12.2 Å². The van der Waals surface area contributed by atoms with Crippen LogP contribution < -0.4 is 0 Å². The van der Waals surface area contributed by atoms with Gasteiger partial charge in [0.1, 0.15) is 11.9 Å². The number of aromatic hydroxyl groups is 1. The third-order valence-electron chi connectivity index (χ3n) is 2.43. The highest BCUT2D eigenvalue weighted by atomic mass is 16.3. The molecule has 0 saturated carbocycles. The van der Waals surface area contributed by atoms with E-state index in [1.54, 1.807) is 0 Å². The van der Waals surface area contributed by atoms with Crippen LogP contribution in [0.3, 0.4) is 0 Å². The Bertz CT molecular complexity index is 506. The number of nitrogens with zero attached hydrogens (tertiary/aromatic N) is 4. The van der Waals surface area contributed by atoms with Gasteiger partial charge in [0.05, 0.1) is 17.7 Å². The van der Waals surface area contributed by atoms with Crippen LogP contribution in [0, 0.1) is 11.3 Å².